The smallest absolute Gasteiger partial charge is 0.253 e. The van der Waals surface area contributed by atoms with Crippen molar-refractivity contribution < 1.29 is 17.6 Å². The van der Waals surface area contributed by atoms with Crippen LogP contribution in [-0.2, 0) is 0 Å². The molecule has 0 aromatic carbocycles. The standard InChI is InChI=1S/C8H8F4N2S/c1-15-3-2-13-6-4(9)7(11)14-8(12)5(6)10/h2-3H2,1H3,(H,13,14). The van der Waals surface area contributed by atoms with E-state index in [4.69, 9.17) is 0 Å². The number of anilines is 1. The van der Waals surface area contributed by atoms with E-state index in [-0.39, 0.29) is 6.54 Å². The predicted octanol–water partition coefficient (Wildman–Crippen LogP) is 2.41. The summed E-state index contributed by atoms with van der Waals surface area (Å²) in [5.74, 6) is -5.75. The van der Waals surface area contributed by atoms with Gasteiger partial charge in [-0.05, 0) is 6.26 Å². The average molecular weight is 240 g/mol. The maximum Gasteiger partial charge on any atom is 0.253 e. The summed E-state index contributed by atoms with van der Waals surface area (Å²) in [4.78, 5) is 2.43. The van der Waals surface area contributed by atoms with E-state index >= 15 is 0 Å². The van der Waals surface area contributed by atoms with E-state index in [1.807, 2.05) is 0 Å². The van der Waals surface area contributed by atoms with Crippen molar-refractivity contribution in [1.82, 2.24) is 4.98 Å². The second kappa shape index (κ2) is 5.20. The Morgan fingerprint density at radius 1 is 1.13 bits per heavy atom. The number of nitrogens with one attached hydrogen (secondary N) is 1. The van der Waals surface area contributed by atoms with Gasteiger partial charge < -0.3 is 5.32 Å². The molecule has 1 heterocycles. The lowest BCUT2D eigenvalue weighted by atomic mass is 10.3. The first-order valence-electron chi connectivity index (χ1n) is 4.00. The highest BCUT2D eigenvalue weighted by molar-refractivity contribution is 7.98. The van der Waals surface area contributed by atoms with Crippen LogP contribution >= 0.6 is 11.8 Å². The third kappa shape index (κ3) is 2.74. The number of hydrogen-bond donors (Lipinski definition) is 1. The molecule has 0 saturated carbocycles. The summed E-state index contributed by atoms with van der Waals surface area (Å²) in [6, 6.07) is 0. The van der Waals surface area contributed by atoms with Gasteiger partial charge in [0.25, 0.3) is 11.9 Å². The van der Waals surface area contributed by atoms with Crippen LogP contribution in [0.3, 0.4) is 0 Å². The van der Waals surface area contributed by atoms with E-state index in [1.54, 1.807) is 6.26 Å². The number of nitrogens with zero attached hydrogens (tertiary/aromatic N) is 1. The summed E-state index contributed by atoms with van der Waals surface area (Å²) < 4.78 is 51.1. The lowest BCUT2D eigenvalue weighted by molar-refractivity contribution is 0.411. The Bertz CT molecular complexity index is 333. The van der Waals surface area contributed by atoms with Crippen LogP contribution in [0.4, 0.5) is 23.2 Å². The summed E-state index contributed by atoms with van der Waals surface area (Å²) in [5.41, 5.74) is -0.811. The molecule has 0 aliphatic heterocycles. The summed E-state index contributed by atoms with van der Waals surface area (Å²) in [7, 11) is 0. The molecule has 1 rings (SSSR count). The highest BCUT2D eigenvalue weighted by atomic mass is 32.2. The first kappa shape index (κ1) is 12.1. The Morgan fingerprint density at radius 3 is 2.13 bits per heavy atom. The first-order chi connectivity index (χ1) is 7.07. The molecule has 0 aliphatic carbocycles. The van der Waals surface area contributed by atoms with Crippen LogP contribution in [-0.4, -0.2) is 23.5 Å². The highest BCUT2D eigenvalue weighted by Gasteiger charge is 2.19. The quantitative estimate of drug-likeness (QED) is 0.497. The summed E-state index contributed by atoms with van der Waals surface area (Å²) >= 11 is 1.43. The minimum Gasteiger partial charge on any atom is -0.379 e. The minimum absolute atomic E-state index is 0.206. The second-order valence-corrected chi connectivity index (χ2v) is 3.60. The van der Waals surface area contributed by atoms with Crippen LogP contribution in [0.25, 0.3) is 0 Å². The highest BCUT2D eigenvalue weighted by Crippen LogP contribution is 2.21. The molecule has 0 saturated heterocycles. The Labute approximate surface area is 88.1 Å². The molecule has 84 valence electrons. The normalized spacial score (nSPS) is 10.5. The zero-order chi connectivity index (χ0) is 11.4. The van der Waals surface area contributed by atoms with E-state index in [0.29, 0.717) is 5.75 Å². The molecule has 1 aromatic rings. The third-order valence-corrected chi connectivity index (χ3v) is 2.22. The molecule has 0 amide bonds. The number of aromatic nitrogens is 1. The van der Waals surface area contributed by atoms with Crippen LogP contribution in [0.2, 0.25) is 0 Å². The number of rotatable bonds is 4. The van der Waals surface area contributed by atoms with Gasteiger partial charge in [-0.15, -0.1) is 0 Å². The molecule has 0 spiro atoms. The number of thioether (sulfide) groups is 1. The molecule has 0 radical (unpaired) electrons. The zero-order valence-corrected chi connectivity index (χ0v) is 8.60. The molecular formula is C8H8F4N2S. The molecule has 15 heavy (non-hydrogen) atoms. The van der Waals surface area contributed by atoms with Gasteiger partial charge in [-0.3, -0.25) is 0 Å². The fourth-order valence-corrected chi connectivity index (χ4v) is 1.23. The third-order valence-electron chi connectivity index (χ3n) is 1.61. The lowest BCUT2D eigenvalue weighted by Gasteiger charge is -2.08. The van der Waals surface area contributed by atoms with Crippen molar-refractivity contribution in [3.63, 3.8) is 0 Å². The summed E-state index contributed by atoms with van der Waals surface area (Å²) in [6.45, 7) is 0.206. The maximum atomic E-state index is 13.0. The topological polar surface area (TPSA) is 24.9 Å². The molecule has 0 atom stereocenters. The van der Waals surface area contributed by atoms with Crippen LogP contribution in [0, 0.1) is 23.5 Å². The number of hydrogen-bond acceptors (Lipinski definition) is 3. The van der Waals surface area contributed by atoms with Crippen LogP contribution in [0.15, 0.2) is 0 Å². The van der Waals surface area contributed by atoms with Crippen LogP contribution in [0.5, 0.6) is 0 Å². The molecule has 0 fully saturated rings. The fourth-order valence-electron chi connectivity index (χ4n) is 0.920. The average Bonchev–Trinajstić information content (AvgIpc) is 2.20. The van der Waals surface area contributed by atoms with Crippen molar-refractivity contribution in [2.24, 2.45) is 0 Å². The maximum absolute atomic E-state index is 13.0. The van der Waals surface area contributed by atoms with Gasteiger partial charge >= 0.3 is 0 Å². The lowest BCUT2D eigenvalue weighted by Crippen LogP contribution is -2.11. The number of pyridine rings is 1. The Kier molecular flexibility index (Phi) is 4.19. The van der Waals surface area contributed by atoms with E-state index < -0.39 is 29.2 Å². The van der Waals surface area contributed by atoms with Crippen molar-refractivity contribution >= 4 is 17.4 Å². The van der Waals surface area contributed by atoms with Gasteiger partial charge in [-0.2, -0.15) is 34.3 Å². The SMILES string of the molecule is CSCCNc1c(F)c(F)nc(F)c1F. The van der Waals surface area contributed by atoms with Crippen LogP contribution in [0.1, 0.15) is 0 Å². The Morgan fingerprint density at radius 2 is 1.67 bits per heavy atom. The van der Waals surface area contributed by atoms with Gasteiger partial charge in [0.15, 0.2) is 0 Å². The molecule has 0 unspecified atom stereocenters. The Hall–Kier alpha value is -0.980. The van der Waals surface area contributed by atoms with Gasteiger partial charge in [0.2, 0.25) is 11.6 Å². The van der Waals surface area contributed by atoms with Crippen molar-refractivity contribution in [2.45, 2.75) is 0 Å². The Balaban J connectivity index is 2.94. The molecule has 7 heteroatoms. The zero-order valence-electron chi connectivity index (χ0n) is 7.78. The molecule has 1 N–H and O–H groups in total. The van der Waals surface area contributed by atoms with Crippen molar-refractivity contribution in [2.75, 3.05) is 23.9 Å². The molecule has 0 aliphatic rings. The van der Waals surface area contributed by atoms with Crippen molar-refractivity contribution in [3.05, 3.63) is 23.5 Å². The molecule has 1 aromatic heterocycles. The van der Waals surface area contributed by atoms with Gasteiger partial charge in [0.05, 0.1) is 0 Å². The van der Waals surface area contributed by atoms with Gasteiger partial charge in [-0.1, -0.05) is 0 Å². The van der Waals surface area contributed by atoms with E-state index in [0.717, 1.165) is 0 Å². The van der Waals surface area contributed by atoms with Gasteiger partial charge in [0, 0.05) is 12.3 Å². The van der Waals surface area contributed by atoms with Gasteiger partial charge in [-0.25, -0.2) is 0 Å². The minimum atomic E-state index is -1.65. The first-order valence-corrected chi connectivity index (χ1v) is 5.40. The van der Waals surface area contributed by atoms with Crippen LogP contribution < -0.4 is 5.32 Å². The summed E-state index contributed by atoms with van der Waals surface area (Å²) in [6.07, 6.45) is 1.79. The van der Waals surface area contributed by atoms with Gasteiger partial charge in [0.1, 0.15) is 5.69 Å². The molecule has 2 nitrogen and oxygen atoms in total. The fraction of sp³-hybridized carbons (Fsp3) is 0.375. The van der Waals surface area contributed by atoms with E-state index in [1.165, 1.54) is 11.8 Å². The predicted molar refractivity (Wildman–Crippen MR) is 50.9 cm³/mol. The van der Waals surface area contributed by atoms with E-state index in [2.05, 4.69) is 10.3 Å². The number of halogens is 4. The molecule has 0 bridgehead atoms. The monoisotopic (exact) mass is 240 g/mol. The molecular weight excluding hydrogens is 232 g/mol. The van der Waals surface area contributed by atoms with E-state index in [9.17, 15) is 17.6 Å². The largest absolute Gasteiger partial charge is 0.379 e. The van der Waals surface area contributed by atoms with Crippen molar-refractivity contribution in [3.8, 4) is 0 Å². The summed E-state index contributed by atoms with van der Waals surface area (Å²) in [5, 5.41) is 2.27. The van der Waals surface area contributed by atoms with Crippen molar-refractivity contribution in [1.29, 1.82) is 0 Å². The second-order valence-electron chi connectivity index (χ2n) is 2.62.